The molecule has 0 spiro atoms. The van der Waals surface area contributed by atoms with Crippen LogP contribution in [0, 0.1) is 0 Å². The van der Waals surface area contributed by atoms with Crippen LogP contribution >= 0.6 is 11.8 Å². The van der Waals surface area contributed by atoms with Crippen molar-refractivity contribution in [3.05, 3.63) is 29.3 Å². The van der Waals surface area contributed by atoms with Gasteiger partial charge in [0.15, 0.2) is 0 Å². The maximum atomic E-state index is 10.7. The van der Waals surface area contributed by atoms with E-state index in [2.05, 4.69) is 6.92 Å². The molecule has 1 aromatic carbocycles. The van der Waals surface area contributed by atoms with Gasteiger partial charge in [0.05, 0.1) is 5.56 Å². The van der Waals surface area contributed by atoms with Crippen LogP contribution in [0.15, 0.2) is 23.1 Å². The number of aryl methyl sites for hydroxylation is 1. The molecule has 0 fully saturated rings. The maximum Gasteiger partial charge on any atom is 0.335 e. The molecule has 1 aromatic rings. The van der Waals surface area contributed by atoms with Gasteiger partial charge in [0.2, 0.25) is 0 Å². The standard InChI is InChI=1S/C11H12O2S/c1-7-2-3-8-6-9(11(12)13)4-5-10(8)14-7/h4-7H,2-3H2,1H3,(H,12,13). The van der Waals surface area contributed by atoms with E-state index in [9.17, 15) is 4.79 Å². The Morgan fingerprint density at radius 3 is 3.07 bits per heavy atom. The van der Waals surface area contributed by atoms with E-state index in [1.165, 1.54) is 10.5 Å². The second-order valence-electron chi connectivity index (χ2n) is 3.59. The minimum absolute atomic E-state index is 0.402. The summed E-state index contributed by atoms with van der Waals surface area (Å²) in [5.74, 6) is -0.837. The Morgan fingerprint density at radius 1 is 1.57 bits per heavy atom. The van der Waals surface area contributed by atoms with Gasteiger partial charge in [-0.1, -0.05) is 6.92 Å². The van der Waals surface area contributed by atoms with Crippen molar-refractivity contribution in [1.82, 2.24) is 0 Å². The predicted octanol–water partition coefficient (Wildman–Crippen LogP) is 2.81. The van der Waals surface area contributed by atoms with Crippen molar-refractivity contribution in [2.75, 3.05) is 0 Å². The lowest BCUT2D eigenvalue weighted by atomic mass is 10.0. The summed E-state index contributed by atoms with van der Waals surface area (Å²) in [6, 6.07) is 5.42. The number of aromatic carboxylic acids is 1. The molecule has 0 saturated heterocycles. The third-order valence-corrected chi connectivity index (χ3v) is 3.75. The Balaban J connectivity index is 2.36. The molecule has 2 nitrogen and oxygen atoms in total. The van der Waals surface area contributed by atoms with Gasteiger partial charge in [-0.2, -0.15) is 0 Å². The summed E-state index contributed by atoms with van der Waals surface area (Å²) in [5.41, 5.74) is 1.59. The number of fused-ring (bicyclic) bond motifs is 1. The van der Waals surface area contributed by atoms with Crippen molar-refractivity contribution in [1.29, 1.82) is 0 Å². The Morgan fingerprint density at radius 2 is 2.36 bits per heavy atom. The molecule has 0 aliphatic carbocycles. The number of carboxylic acid groups (broad SMARTS) is 1. The van der Waals surface area contributed by atoms with E-state index in [1.54, 1.807) is 12.1 Å². The van der Waals surface area contributed by atoms with Crippen LogP contribution < -0.4 is 0 Å². The van der Waals surface area contributed by atoms with Crippen LogP contribution in [0.3, 0.4) is 0 Å². The van der Waals surface area contributed by atoms with E-state index in [0.717, 1.165) is 12.8 Å². The monoisotopic (exact) mass is 208 g/mol. The first kappa shape index (κ1) is 9.59. The fourth-order valence-corrected chi connectivity index (χ4v) is 2.79. The van der Waals surface area contributed by atoms with E-state index in [4.69, 9.17) is 5.11 Å². The predicted molar refractivity (Wildman–Crippen MR) is 57.0 cm³/mol. The highest BCUT2D eigenvalue weighted by Crippen LogP contribution is 2.35. The summed E-state index contributed by atoms with van der Waals surface area (Å²) in [6.45, 7) is 2.21. The van der Waals surface area contributed by atoms with E-state index in [-0.39, 0.29) is 0 Å². The molecule has 1 unspecified atom stereocenters. The van der Waals surface area contributed by atoms with Crippen molar-refractivity contribution >= 4 is 17.7 Å². The average molecular weight is 208 g/mol. The van der Waals surface area contributed by atoms with Crippen LogP contribution in [0.5, 0.6) is 0 Å². The zero-order chi connectivity index (χ0) is 10.1. The molecule has 1 atom stereocenters. The van der Waals surface area contributed by atoms with Gasteiger partial charge in [0.1, 0.15) is 0 Å². The minimum atomic E-state index is -0.837. The summed E-state index contributed by atoms with van der Waals surface area (Å²) in [5, 5.41) is 9.48. The molecule has 0 amide bonds. The number of rotatable bonds is 1. The molecular weight excluding hydrogens is 196 g/mol. The zero-order valence-corrected chi connectivity index (χ0v) is 8.80. The molecule has 1 heterocycles. The van der Waals surface area contributed by atoms with Gasteiger partial charge in [-0.05, 0) is 36.6 Å². The molecule has 0 bridgehead atoms. The van der Waals surface area contributed by atoms with Crippen LogP contribution in [-0.4, -0.2) is 16.3 Å². The lowest BCUT2D eigenvalue weighted by Gasteiger charge is -2.20. The van der Waals surface area contributed by atoms with Crippen LogP contribution in [0.1, 0.15) is 29.3 Å². The zero-order valence-electron chi connectivity index (χ0n) is 7.99. The number of thioether (sulfide) groups is 1. The number of benzene rings is 1. The Labute approximate surface area is 87.3 Å². The summed E-state index contributed by atoms with van der Waals surface area (Å²) >= 11 is 1.84. The summed E-state index contributed by atoms with van der Waals surface area (Å²) < 4.78 is 0. The van der Waals surface area contributed by atoms with E-state index in [0.29, 0.717) is 10.8 Å². The average Bonchev–Trinajstić information content (AvgIpc) is 2.16. The summed E-state index contributed by atoms with van der Waals surface area (Å²) in [7, 11) is 0. The molecule has 1 N–H and O–H groups in total. The Hall–Kier alpha value is -0.960. The molecule has 14 heavy (non-hydrogen) atoms. The Bertz CT molecular complexity index is 374. The second-order valence-corrected chi connectivity index (χ2v) is 5.08. The Kier molecular flexibility index (Phi) is 2.50. The maximum absolute atomic E-state index is 10.7. The van der Waals surface area contributed by atoms with Crippen LogP contribution in [0.2, 0.25) is 0 Å². The highest BCUT2D eigenvalue weighted by molar-refractivity contribution is 8.00. The quantitative estimate of drug-likeness (QED) is 0.771. The smallest absolute Gasteiger partial charge is 0.335 e. The molecule has 3 heteroatoms. The van der Waals surface area contributed by atoms with E-state index in [1.807, 2.05) is 17.8 Å². The van der Waals surface area contributed by atoms with Crippen molar-refractivity contribution in [3.8, 4) is 0 Å². The fourth-order valence-electron chi connectivity index (χ4n) is 1.66. The summed E-state index contributed by atoms with van der Waals surface area (Å²) in [4.78, 5) is 12.0. The van der Waals surface area contributed by atoms with Crippen LogP contribution in [0.25, 0.3) is 0 Å². The topological polar surface area (TPSA) is 37.3 Å². The van der Waals surface area contributed by atoms with Crippen molar-refractivity contribution < 1.29 is 9.90 Å². The first-order chi connectivity index (χ1) is 6.66. The molecule has 0 aromatic heterocycles. The molecule has 2 rings (SSSR count). The third-order valence-electron chi connectivity index (χ3n) is 2.46. The molecule has 0 radical (unpaired) electrons. The lowest BCUT2D eigenvalue weighted by molar-refractivity contribution is 0.0696. The minimum Gasteiger partial charge on any atom is -0.478 e. The third kappa shape index (κ3) is 1.77. The van der Waals surface area contributed by atoms with Crippen molar-refractivity contribution in [2.24, 2.45) is 0 Å². The van der Waals surface area contributed by atoms with Crippen LogP contribution in [0.4, 0.5) is 0 Å². The summed E-state index contributed by atoms with van der Waals surface area (Å²) in [6.07, 6.45) is 2.14. The molecule has 74 valence electrons. The van der Waals surface area contributed by atoms with Crippen LogP contribution in [-0.2, 0) is 6.42 Å². The van der Waals surface area contributed by atoms with Gasteiger partial charge in [-0.3, -0.25) is 0 Å². The van der Waals surface area contributed by atoms with Gasteiger partial charge in [-0.25, -0.2) is 4.79 Å². The first-order valence-electron chi connectivity index (χ1n) is 4.69. The second kappa shape index (κ2) is 3.65. The number of carbonyl (C=O) groups is 1. The SMILES string of the molecule is CC1CCc2cc(C(=O)O)ccc2S1. The molecule has 1 aliphatic rings. The normalized spacial score (nSPS) is 20.2. The molecular formula is C11H12O2S. The van der Waals surface area contributed by atoms with Crippen molar-refractivity contribution in [2.45, 2.75) is 29.9 Å². The molecule has 1 aliphatic heterocycles. The van der Waals surface area contributed by atoms with Gasteiger partial charge in [0, 0.05) is 10.1 Å². The molecule has 0 saturated carbocycles. The number of hydrogen-bond donors (Lipinski definition) is 1. The largest absolute Gasteiger partial charge is 0.478 e. The van der Waals surface area contributed by atoms with Gasteiger partial charge in [0.25, 0.3) is 0 Å². The van der Waals surface area contributed by atoms with E-state index < -0.39 is 5.97 Å². The van der Waals surface area contributed by atoms with Gasteiger partial charge in [-0.15, -0.1) is 11.8 Å². The number of hydrogen-bond acceptors (Lipinski definition) is 2. The highest BCUT2D eigenvalue weighted by atomic mass is 32.2. The lowest BCUT2D eigenvalue weighted by Crippen LogP contribution is -2.08. The fraction of sp³-hybridized carbons (Fsp3) is 0.364. The van der Waals surface area contributed by atoms with E-state index >= 15 is 0 Å². The first-order valence-corrected chi connectivity index (χ1v) is 5.57. The van der Waals surface area contributed by atoms with Gasteiger partial charge < -0.3 is 5.11 Å². The number of carboxylic acids is 1. The van der Waals surface area contributed by atoms with Crippen molar-refractivity contribution in [3.63, 3.8) is 0 Å². The van der Waals surface area contributed by atoms with Gasteiger partial charge >= 0.3 is 5.97 Å². The highest BCUT2D eigenvalue weighted by Gasteiger charge is 2.16.